The predicted octanol–water partition coefficient (Wildman–Crippen LogP) is 7.08. The second kappa shape index (κ2) is 10.8. The van der Waals surface area contributed by atoms with E-state index in [1.165, 1.54) is 18.4 Å². The fourth-order valence-electron chi connectivity index (χ4n) is 5.26. The lowest BCUT2D eigenvalue weighted by atomic mass is 9.86. The van der Waals surface area contributed by atoms with Crippen LogP contribution in [0, 0.1) is 11.8 Å². The van der Waals surface area contributed by atoms with Gasteiger partial charge in [-0.25, -0.2) is 4.79 Å². The van der Waals surface area contributed by atoms with Gasteiger partial charge in [0.25, 0.3) is 5.89 Å². The van der Waals surface area contributed by atoms with E-state index in [0.29, 0.717) is 28.6 Å². The summed E-state index contributed by atoms with van der Waals surface area (Å²) in [6, 6.07) is 14.1. The number of ether oxygens (including phenoxy) is 1. The smallest absolute Gasteiger partial charge is 0.450 e. The number of aromatic nitrogens is 2. The molecule has 7 nitrogen and oxygen atoms in total. The molecular weight excluding hydrogens is 490 g/mol. The van der Waals surface area contributed by atoms with Gasteiger partial charge in [-0.15, -0.1) is 0 Å². The summed E-state index contributed by atoms with van der Waals surface area (Å²) in [5, 5.41) is 14.1. The summed E-state index contributed by atoms with van der Waals surface area (Å²) in [5.74, 6) is 2.15. The molecule has 8 heteroatoms. The summed E-state index contributed by atoms with van der Waals surface area (Å²) >= 11 is 6.48. The van der Waals surface area contributed by atoms with E-state index >= 15 is 0 Å². The first-order valence-electron chi connectivity index (χ1n) is 13.1. The SMILES string of the molecule is CC(C)Cc1ccc(-c2nc(-c3ccc(CN4CCC(CC5CC5)(OC(=O)O)CC4)cc3)no2)cc1Cl. The molecule has 1 aliphatic heterocycles. The van der Waals surface area contributed by atoms with Crippen molar-refractivity contribution in [3.8, 4) is 22.8 Å². The maximum absolute atomic E-state index is 11.3. The van der Waals surface area contributed by atoms with Gasteiger partial charge in [0.1, 0.15) is 5.60 Å². The quantitative estimate of drug-likeness (QED) is 0.299. The first kappa shape index (κ1) is 25.7. The lowest BCUT2D eigenvalue weighted by Crippen LogP contribution is -2.47. The van der Waals surface area contributed by atoms with Crippen LogP contribution in [-0.2, 0) is 17.7 Å². The molecule has 0 unspecified atom stereocenters. The normalized spacial score (nSPS) is 17.7. The molecule has 3 aromatic rings. The van der Waals surface area contributed by atoms with Gasteiger partial charge in [0.05, 0.1) is 0 Å². The summed E-state index contributed by atoms with van der Waals surface area (Å²) in [4.78, 5) is 18.2. The van der Waals surface area contributed by atoms with E-state index in [2.05, 4.69) is 41.0 Å². The molecule has 196 valence electrons. The highest BCUT2D eigenvalue weighted by Crippen LogP contribution is 2.42. The van der Waals surface area contributed by atoms with Crippen LogP contribution in [0.1, 0.15) is 57.1 Å². The Balaban J connectivity index is 1.19. The van der Waals surface area contributed by atoms with Gasteiger partial charge < -0.3 is 14.4 Å². The standard InChI is InChI=1S/C29H34ClN3O4/c1-19(2)15-23-9-10-24(16-25(23)30)27-31-26(32-37-27)22-7-5-21(6-8-22)18-33-13-11-29(12-14-33,36-28(34)35)17-20-3-4-20/h5-10,16,19-20H,3-4,11-15,17-18H2,1-2H3,(H,34,35). The molecule has 1 aromatic heterocycles. The van der Waals surface area contributed by atoms with Crippen LogP contribution in [0.2, 0.25) is 5.02 Å². The maximum atomic E-state index is 11.3. The van der Waals surface area contributed by atoms with E-state index < -0.39 is 11.8 Å². The Morgan fingerprint density at radius 2 is 1.86 bits per heavy atom. The number of halogens is 1. The van der Waals surface area contributed by atoms with Gasteiger partial charge in [-0.1, -0.05) is 73.8 Å². The molecule has 1 saturated heterocycles. The third-order valence-corrected chi connectivity index (χ3v) is 7.75. The molecule has 2 aliphatic rings. The molecule has 2 heterocycles. The number of carboxylic acid groups (broad SMARTS) is 1. The minimum Gasteiger partial charge on any atom is -0.450 e. The number of nitrogens with zero attached hydrogens (tertiary/aromatic N) is 3. The second-order valence-corrected chi connectivity index (χ2v) is 11.4. The van der Waals surface area contributed by atoms with Crippen molar-refractivity contribution in [1.82, 2.24) is 15.0 Å². The zero-order chi connectivity index (χ0) is 26.0. The molecule has 0 radical (unpaired) electrons. The molecular formula is C29H34ClN3O4. The van der Waals surface area contributed by atoms with Crippen LogP contribution in [0.5, 0.6) is 0 Å². The van der Waals surface area contributed by atoms with Gasteiger partial charge in [-0.3, -0.25) is 4.90 Å². The van der Waals surface area contributed by atoms with Gasteiger partial charge >= 0.3 is 6.16 Å². The van der Waals surface area contributed by atoms with Crippen molar-refractivity contribution in [3.05, 3.63) is 58.6 Å². The molecule has 0 bridgehead atoms. The lowest BCUT2D eigenvalue weighted by Gasteiger charge is -2.40. The summed E-state index contributed by atoms with van der Waals surface area (Å²) in [7, 11) is 0. The Kier molecular flexibility index (Phi) is 7.54. The van der Waals surface area contributed by atoms with Crippen molar-refractivity contribution in [1.29, 1.82) is 0 Å². The second-order valence-electron chi connectivity index (χ2n) is 11.0. The average Bonchev–Trinajstić information content (AvgIpc) is 3.52. The Labute approximate surface area is 222 Å². The molecule has 5 rings (SSSR count). The molecule has 2 aromatic carbocycles. The zero-order valence-corrected chi connectivity index (χ0v) is 22.2. The Hall–Kier alpha value is -2.90. The van der Waals surface area contributed by atoms with Gasteiger partial charge in [0, 0.05) is 48.6 Å². The topological polar surface area (TPSA) is 88.7 Å². The van der Waals surface area contributed by atoms with Crippen LogP contribution in [0.25, 0.3) is 22.8 Å². The number of piperidine rings is 1. The third kappa shape index (κ3) is 6.51. The number of hydrogen-bond acceptors (Lipinski definition) is 6. The molecule has 37 heavy (non-hydrogen) atoms. The molecule has 0 spiro atoms. The van der Waals surface area contributed by atoms with Crippen molar-refractivity contribution in [2.45, 2.75) is 64.5 Å². The van der Waals surface area contributed by atoms with Gasteiger partial charge in [-0.05, 0) is 47.9 Å². The van der Waals surface area contributed by atoms with Crippen molar-refractivity contribution in [2.75, 3.05) is 13.1 Å². The van der Waals surface area contributed by atoms with E-state index in [1.54, 1.807) is 0 Å². The van der Waals surface area contributed by atoms with Crippen molar-refractivity contribution in [2.24, 2.45) is 11.8 Å². The van der Waals surface area contributed by atoms with E-state index in [4.69, 9.17) is 20.9 Å². The van der Waals surface area contributed by atoms with E-state index in [1.807, 2.05) is 30.3 Å². The number of carbonyl (C=O) groups is 1. The third-order valence-electron chi connectivity index (χ3n) is 7.40. The number of rotatable bonds is 9. The van der Waals surface area contributed by atoms with Crippen LogP contribution in [0.3, 0.4) is 0 Å². The number of benzene rings is 2. The Morgan fingerprint density at radius 1 is 1.16 bits per heavy atom. The Bertz CT molecular complexity index is 1230. The fraction of sp³-hybridized carbons (Fsp3) is 0.483. The highest BCUT2D eigenvalue weighted by molar-refractivity contribution is 6.31. The zero-order valence-electron chi connectivity index (χ0n) is 21.5. The molecule has 1 saturated carbocycles. The van der Waals surface area contributed by atoms with Crippen molar-refractivity contribution >= 4 is 17.8 Å². The molecule has 2 fully saturated rings. The first-order valence-corrected chi connectivity index (χ1v) is 13.5. The molecule has 1 aliphatic carbocycles. The largest absolute Gasteiger partial charge is 0.506 e. The minimum absolute atomic E-state index is 0.448. The monoisotopic (exact) mass is 523 g/mol. The van der Waals surface area contributed by atoms with Gasteiger partial charge in [-0.2, -0.15) is 4.98 Å². The minimum atomic E-state index is -1.15. The molecule has 0 amide bonds. The van der Waals surface area contributed by atoms with Gasteiger partial charge in [0.15, 0.2) is 0 Å². The van der Waals surface area contributed by atoms with Crippen LogP contribution < -0.4 is 0 Å². The van der Waals surface area contributed by atoms with E-state index in [0.717, 1.165) is 62.0 Å². The highest BCUT2D eigenvalue weighted by atomic mass is 35.5. The first-order chi connectivity index (χ1) is 17.8. The molecule has 0 atom stereocenters. The average molecular weight is 524 g/mol. The number of hydrogen-bond donors (Lipinski definition) is 1. The highest BCUT2D eigenvalue weighted by Gasteiger charge is 2.42. The lowest BCUT2D eigenvalue weighted by molar-refractivity contribution is -0.0652. The van der Waals surface area contributed by atoms with E-state index in [-0.39, 0.29) is 0 Å². The Morgan fingerprint density at radius 3 is 2.49 bits per heavy atom. The molecule has 1 N–H and O–H groups in total. The van der Waals surface area contributed by atoms with Gasteiger partial charge in [0.2, 0.25) is 5.82 Å². The van der Waals surface area contributed by atoms with Crippen LogP contribution in [0.4, 0.5) is 4.79 Å². The maximum Gasteiger partial charge on any atom is 0.506 e. The number of likely N-dealkylation sites (tertiary alicyclic amines) is 1. The summed E-state index contributed by atoms with van der Waals surface area (Å²) < 4.78 is 10.9. The van der Waals surface area contributed by atoms with E-state index in [9.17, 15) is 9.90 Å². The van der Waals surface area contributed by atoms with Crippen LogP contribution in [-0.4, -0.2) is 45.0 Å². The van der Waals surface area contributed by atoms with Crippen molar-refractivity contribution < 1.29 is 19.2 Å². The van der Waals surface area contributed by atoms with Crippen molar-refractivity contribution in [3.63, 3.8) is 0 Å². The summed E-state index contributed by atoms with van der Waals surface area (Å²) in [5.41, 5.74) is 3.49. The summed E-state index contributed by atoms with van der Waals surface area (Å²) in [6.07, 6.45) is 4.53. The van der Waals surface area contributed by atoms with Crippen LogP contribution >= 0.6 is 11.6 Å². The predicted molar refractivity (Wildman–Crippen MR) is 142 cm³/mol. The van der Waals surface area contributed by atoms with Crippen LogP contribution in [0.15, 0.2) is 47.0 Å². The summed E-state index contributed by atoms with van der Waals surface area (Å²) in [6.45, 7) is 6.81. The fourth-order valence-corrected chi connectivity index (χ4v) is 5.52.